The molecule has 1 N–H and O–H groups in total. The molecular weight excluding hydrogens is 325 g/mol. The van der Waals surface area contributed by atoms with E-state index in [1.54, 1.807) is 0 Å². The molecule has 2 saturated carbocycles. The average Bonchev–Trinajstić information content (AvgIpc) is 2.94. The van der Waals surface area contributed by atoms with Crippen molar-refractivity contribution < 1.29 is 4.79 Å². The van der Waals surface area contributed by atoms with Crippen LogP contribution in [-0.2, 0) is 4.79 Å². The summed E-state index contributed by atoms with van der Waals surface area (Å²) in [5.41, 5.74) is 0.929. The standard InChI is InChI=1S/C14H16INO/c15-11-3-5-12(6-4-11)16-14(17)13-8-9-1-2-10(13)7-9/h3-6,9-10,13H,1-2,7-8H2,(H,16,17). The predicted octanol–water partition coefficient (Wildman–Crippen LogP) is 3.67. The highest BCUT2D eigenvalue weighted by atomic mass is 127. The molecule has 2 bridgehead atoms. The van der Waals surface area contributed by atoms with Gasteiger partial charge in [-0.05, 0) is 78.0 Å². The molecule has 1 aromatic carbocycles. The number of anilines is 1. The molecule has 3 unspecified atom stereocenters. The highest BCUT2D eigenvalue weighted by molar-refractivity contribution is 14.1. The van der Waals surface area contributed by atoms with Crippen LogP contribution in [0.5, 0.6) is 0 Å². The van der Waals surface area contributed by atoms with Crippen LogP contribution in [0, 0.1) is 21.3 Å². The fraction of sp³-hybridized carbons (Fsp3) is 0.500. The molecule has 17 heavy (non-hydrogen) atoms. The zero-order valence-electron chi connectivity index (χ0n) is 9.66. The summed E-state index contributed by atoms with van der Waals surface area (Å²) in [6.07, 6.45) is 5.00. The minimum absolute atomic E-state index is 0.235. The summed E-state index contributed by atoms with van der Waals surface area (Å²) in [4.78, 5) is 12.2. The maximum Gasteiger partial charge on any atom is 0.227 e. The minimum atomic E-state index is 0.235. The summed E-state index contributed by atoms with van der Waals surface area (Å²) in [5, 5.41) is 3.05. The molecule has 0 radical (unpaired) electrons. The molecule has 90 valence electrons. The minimum Gasteiger partial charge on any atom is -0.326 e. The fourth-order valence-electron chi connectivity index (χ4n) is 3.33. The number of benzene rings is 1. The first-order valence-corrected chi connectivity index (χ1v) is 7.36. The van der Waals surface area contributed by atoms with E-state index in [1.165, 1.54) is 22.8 Å². The number of amides is 1. The summed E-state index contributed by atoms with van der Waals surface area (Å²) in [5.74, 6) is 1.99. The normalized spacial score (nSPS) is 30.5. The van der Waals surface area contributed by atoms with Gasteiger partial charge in [0.15, 0.2) is 0 Å². The van der Waals surface area contributed by atoms with Gasteiger partial charge in [-0.1, -0.05) is 6.42 Å². The van der Waals surface area contributed by atoms with Gasteiger partial charge in [-0.2, -0.15) is 0 Å². The maximum atomic E-state index is 12.2. The number of halogens is 1. The van der Waals surface area contributed by atoms with Crippen molar-refractivity contribution in [2.45, 2.75) is 25.7 Å². The van der Waals surface area contributed by atoms with Gasteiger partial charge in [-0.25, -0.2) is 0 Å². The third-order valence-corrected chi connectivity index (χ3v) is 4.91. The Kier molecular flexibility index (Phi) is 3.11. The lowest BCUT2D eigenvalue weighted by molar-refractivity contribution is -0.121. The SMILES string of the molecule is O=C(Nc1ccc(I)cc1)C1CC2CCC1C2. The number of rotatable bonds is 2. The van der Waals surface area contributed by atoms with Crippen molar-refractivity contribution in [1.29, 1.82) is 0 Å². The van der Waals surface area contributed by atoms with Crippen LogP contribution in [0.25, 0.3) is 0 Å². The van der Waals surface area contributed by atoms with E-state index in [9.17, 15) is 4.79 Å². The predicted molar refractivity (Wildman–Crippen MR) is 76.7 cm³/mol. The van der Waals surface area contributed by atoms with E-state index in [1.807, 2.05) is 24.3 Å². The molecule has 2 fully saturated rings. The number of carbonyl (C=O) groups is 1. The van der Waals surface area contributed by atoms with Crippen LogP contribution in [0.3, 0.4) is 0 Å². The number of nitrogens with one attached hydrogen (secondary N) is 1. The van der Waals surface area contributed by atoms with Crippen molar-refractivity contribution in [3.63, 3.8) is 0 Å². The van der Waals surface area contributed by atoms with E-state index in [-0.39, 0.29) is 11.8 Å². The topological polar surface area (TPSA) is 29.1 Å². The molecule has 3 atom stereocenters. The van der Waals surface area contributed by atoms with E-state index in [0.717, 1.165) is 18.0 Å². The molecule has 1 aromatic rings. The highest BCUT2D eigenvalue weighted by Gasteiger charge is 2.42. The first-order chi connectivity index (χ1) is 8.22. The summed E-state index contributed by atoms with van der Waals surface area (Å²) in [6.45, 7) is 0. The maximum absolute atomic E-state index is 12.2. The van der Waals surface area contributed by atoms with Crippen LogP contribution in [0.1, 0.15) is 25.7 Å². The Morgan fingerprint density at radius 3 is 2.53 bits per heavy atom. The molecule has 1 amide bonds. The number of fused-ring (bicyclic) bond motifs is 2. The second-order valence-corrected chi connectivity index (χ2v) is 6.52. The Balaban J connectivity index is 1.65. The number of carbonyl (C=O) groups excluding carboxylic acids is 1. The van der Waals surface area contributed by atoms with E-state index in [4.69, 9.17) is 0 Å². The third kappa shape index (κ3) is 2.34. The van der Waals surface area contributed by atoms with Crippen LogP contribution >= 0.6 is 22.6 Å². The van der Waals surface area contributed by atoms with Crippen molar-refractivity contribution >= 4 is 34.2 Å². The first-order valence-electron chi connectivity index (χ1n) is 6.29. The van der Waals surface area contributed by atoms with Gasteiger partial charge in [0.1, 0.15) is 0 Å². The molecule has 2 aliphatic carbocycles. The van der Waals surface area contributed by atoms with E-state index in [2.05, 4.69) is 27.9 Å². The molecule has 0 spiro atoms. The second kappa shape index (κ2) is 4.59. The van der Waals surface area contributed by atoms with Gasteiger partial charge < -0.3 is 5.32 Å². The zero-order chi connectivity index (χ0) is 11.8. The fourth-order valence-corrected chi connectivity index (χ4v) is 3.69. The lowest BCUT2D eigenvalue weighted by atomic mass is 9.88. The molecule has 2 aliphatic rings. The van der Waals surface area contributed by atoms with Gasteiger partial charge in [0.05, 0.1) is 0 Å². The quantitative estimate of drug-likeness (QED) is 0.818. The van der Waals surface area contributed by atoms with E-state index >= 15 is 0 Å². The Labute approximate surface area is 115 Å². The van der Waals surface area contributed by atoms with Crippen molar-refractivity contribution in [3.05, 3.63) is 27.8 Å². The molecule has 3 heteroatoms. The highest BCUT2D eigenvalue weighted by Crippen LogP contribution is 2.48. The van der Waals surface area contributed by atoms with Crippen LogP contribution in [-0.4, -0.2) is 5.91 Å². The van der Waals surface area contributed by atoms with Gasteiger partial charge in [-0.3, -0.25) is 4.79 Å². The summed E-state index contributed by atoms with van der Waals surface area (Å²) < 4.78 is 1.19. The van der Waals surface area contributed by atoms with Crippen molar-refractivity contribution in [2.75, 3.05) is 5.32 Å². The first kappa shape index (κ1) is 11.5. The third-order valence-electron chi connectivity index (χ3n) is 4.19. The number of hydrogen-bond acceptors (Lipinski definition) is 1. The molecule has 0 aliphatic heterocycles. The molecule has 0 aromatic heterocycles. The van der Waals surface area contributed by atoms with Crippen LogP contribution in [0.2, 0.25) is 0 Å². The van der Waals surface area contributed by atoms with Crippen LogP contribution in [0.4, 0.5) is 5.69 Å². The second-order valence-electron chi connectivity index (χ2n) is 5.28. The van der Waals surface area contributed by atoms with Crippen molar-refractivity contribution in [2.24, 2.45) is 17.8 Å². The zero-order valence-corrected chi connectivity index (χ0v) is 11.8. The Bertz CT molecular complexity index is 428. The van der Waals surface area contributed by atoms with Gasteiger partial charge >= 0.3 is 0 Å². The largest absolute Gasteiger partial charge is 0.326 e. The van der Waals surface area contributed by atoms with Gasteiger partial charge in [0, 0.05) is 15.2 Å². The van der Waals surface area contributed by atoms with Gasteiger partial charge in [0.25, 0.3) is 0 Å². The molecular formula is C14H16INO. The monoisotopic (exact) mass is 341 g/mol. The van der Waals surface area contributed by atoms with E-state index in [0.29, 0.717) is 5.92 Å². The summed E-state index contributed by atoms with van der Waals surface area (Å²) in [6, 6.07) is 8.01. The smallest absolute Gasteiger partial charge is 0.227 e. The molecule has 0 heterocycles. The number of hydrogen-bond donors (Lipinski definition) is 1. The Morgan fingerprint density at radius 2 is 1.94 bits per heavy atom. The van der Waals surface area contributed by atoms with Gasteiger partial charge in [-0.15, -0.1) is 0 Å². The van der Waals surface area contributed by atoms with Crippen LogP contribution in [0.15, 0.2) is 24.3 Å². The lowest BCUT2D eigenvalue weighted by Gasteiger charge is -2.20. The Hall–Kier alpha value is -0.580. The average molecular weight is 341 g/mol. The van der Waals surface area contributed by atoms with Gasteiger partial charge in [0.2, 0.25) is 5.91 Å². The molecule has 0 saturated heterocycles. The molecule has 2 nitrogen and oxygen atoms in total. The van der Waals surface area contributed by atoms with Crippen molar-refractivity contribution in [1.82, 2.24) is 0 Å². The summed E-state index contributed by atoms with van der Waals surface area (Å²) >= 11 is 2.27. The lowest BCUT2D eigenvalue weighted by Crippen LogP contribution is -2.27. The molecule has 3 rings (SSSR count). The van der Waals surface area contributed by atoms with Crippen molar-refractivity contribution in [3.8, 4) is 0 Å². The Morgan fingerprint density at radius 1 is 1.18 bits per heavy atom. The van der Waals surface area contributed by atoms with Crippen LogP contribution < -0.4 is 5.32 Å². The van der Waals surface area contributed by atoms with E-state index < -0.39 is 0 Å². The summed E-state index contributed by atoms with van der Waals surface area (Å²) in [7, 11) is 0.